The van der Waals surface area contributed by atoms with Crippen LogP contribution in [0.1, 0.15) is 33.6 Å². The maximum atomic E-state index is 9.14. The Morgan fingerprint density at radius 2 is 2.17 bits per heavy atom. The predicted molar refractivity (Wildman–Crippen MR) is 92.1 cm³/mol. The van der Waals surface area contributed by atoms with Gasteiger partial charge in [0.15, 0.2) is 0 Å². The summed E-state index contributed by atoms with van der Waals surface area (Å²) in [4.78, 5) is 0. The van der Waals surface area contributed by atoms with Gasteiger partial charge in [-0.2, -0.15) is 0 Å². The highest BCUT2D eigenvalue weighted by Crippen LogP contribution is 2.35. The monoisotopic (exact) mass is 380 g/mol. The summed E-state index contributed by atoms with van der Waals surface area (Å²) in [5.74, 6) is 1.41. The SMILES string of the molecule is CC(C)(C)/C(COc1ccc2c(nnn2CC2CC2)c1Br)=N/O. The molecule has 1 fully saturated rings. The number of oxime groups is 1. The van der Waals surface area contributed by atoms with Crippen LogP contribution in [-0.4, -0.2) is 32.5 Å². The minimum absolute atomic E-state index is 0.223. The van der Waals surface area contributed by atoms with E-state index in [1.165, 1.54) is 12.8 Å². The topological polar surface area (TPSA) is 72.5 Å². The first-order chi connectivity index (χ1) is 10.9. The van der Waals surface area contributed by atoms with Crippen LogP contribution >= 0.6 is 15.9 Å². The zero-order valence-electron chi connectivity index (χ0n) is 13.6. The van der Waals surface area contributed by atoms with E-state index in [1.807, 2.05) is 37.6 Å². The van der Waals surface area contributed by atoms with E-state index in [2.05, 4.69) is 31.4 Å². The smallest absolute Gasteiger partial charge is 0.136 e. The molecule has 7 heteroatoms. The van der Waals surface area contributed by atoms with Crippen molar-refractivity contribution in [2.75, 3.05) is 6.61 Å². The lowest BCUT2D eigenvalue weighted by atomic mass is 9.90. The quantitative estimate of drug-likeness (QED) is 0.485. The Bertz CT molecular complexity index is 744. The van der Waals surface area contributed by atoms with E-state index in [-0.39, 0.29) is 12.0 Å². The lowest BCUT2D eigenvalue weighted by Crippen LogP contribution is -2.26. The fourth-order valence-electron chi connectivity index (χ4n) is 2.32. The molecule has 0 aliphatic heterocycles. The van der Waals surface area contributed by atoms with Crippen molar-refractivity contribution < 1.29 is 9.94 Å². The Morgan fingerprint density at radius 1 is 1.43 bits per heavy atom. The molecule has 0 atom stereocenters. The molecule has 3 rings (SSSR count). The van der Waals surface area contributed by atoms with E-state index >= 15 is 0 Å². The molecular formula is C16H21BrN4O2. The summed E-state index contributed by atoms with van der Waals surface area (Å²) in [6.07, 6.45) is 2.56. The highest BCUT2D eigenvalue weighted by Gasteiger charge is 2.24. The van der Waals surface area contributed by atoms with Gasteiger partial charge in [0.2, 0.25) is 0 Å². The van der Waals surface area contributed by atoms with Gasteiger partial charge in [0, 0.05) is 12.0 Å². The highest BCUT2D eigenvalue weighted by atomic mass is 79.9. The fourth-order valence-corrected chi connectivity index (χ4v) is 2.85. The maximum absolute atomic E-state index is 9.14. The van der Waals surface area contributed by atoms with Crippen molar-refractivity contribution in [2.45, 2.75) is 40.2 Å². The van der Waals surface area contributed by atoms with Gasteiger partial charge in [-0.3, -0.25) is 0 Å². The molecule has 1 N–H and O–H groups in total. The Morgan fingerprint density at radius 3 is 2.78 bits per heavy atom. The van der Waals surface area contributed by atoms with Crippen LogP contribution in [0, 0.1) is 11.3 Å². The van der Waals surface area contributed by atoms with Gasteiger partial charge < -0.3 is 9.94 Å². The molecule has 0 amide bonds. The van der Waals surface area contributed by atoms with Gasteiger partial charge in [0.1, 0.15) is 17.9 Å². The summed E-state index contributed by atoms with van der Waals surface area (Å²) in [7, 11) is 0. The van der Waals surface area contributed by atoms with Crippen LogP contribution < -0.4 is 4.74 Å². The summed E-state index contributed by atoms with van der Waals surface area (Å²) >= 11 is 3.56. The summed E-state index contributed by atoms with van der Waals surface area (Å²) < 4.78 is 8.55. The number of hydrogen-bond acceptors (Lipinski definition) is 5. The number of halogens is 1. The first-order valence-corrected chi connectivity index (χ1v) is 8.55. The number of benzene rings is 1. The van der Waals surface area contributed by atoms with E-state index in [0.29, 0.717) is 11.5 Å². The molecule has 1 heterocycles. The molecule has 23 heavy (non-hydrogen) atoms. The zero-order valence-corrected chi connectivity index (χ0v) is 15.2. The van der Waals surface area contributed by atoms with E-state index in [1.54, 1.807) is 0 Å². The van der Waals surface area contributed by atoms with E-state index in [4.69, 9.17) is 9.94 Å². The zero-order chi connectivity index (χ0) is 16.6. The number of nitrogens with zero attached hydrogens (tertiary/aromatic N) is 4. The minimum atomic E-state index is -0.251. The van der Waals surface area contributed by atoms with Gasteiger partial charge in [0.05, 0.1) is 15.7 Å². The maximum Gasteiger partial charge on any atom is 0.136 e. The number of ether oxygens (including phenoxy) is 1. The standard InChI is InChI=1S/C16H21BrN4O2/c1-16(2,3)13(19-22)9-23-12-7-6-11-15(14(12)17)18-20-21(11)8-10-4-5-10/h6-7,10,22H,4-5,8-9H2,1-3H3/b19-13+. The van der Waals surface area contributed by atoms with Crippen LogP contribution in [0.2, 0.25) is 0 Å². The molecule has 0 saturated heterocycles. The Balaban J connectivity index is 1.80. The molecule has 0 radical (unpaired) electrons. The van der Waals surface area contributed by atoms with Crippen LogP contribution in [0.15, 0.2) is 21.8 Å². The van der Waals surface area contributed by atoms with E-state index < -0.39 is 0 Å². The molecule has 0 spiro atoms. The van der Waals surface area contributed by atoms with Crippen molar-refractivity contribution in [2.24, 2.45) is 16.5 Å². The van der Waals surface area contributed by atoms with E-state index in [9.17, 15) is 0 Å². The molecule has 6 nitrogen and oxygen atoms in total. The largest absolute Gasteiger partial charge is 0.486 e. The molecule has 1 aromatic carbocycles. The Hall–Kier alpha value is -1.63. The highest BCUT2D eigenvalue weighted by molar-refractivity contribution is 9.10. The van der Waals surface area contributed by atoms with Crippen molar-refractivity contribution >= 4 is 32.7 Å². The minimum Gasteiger partial charge on any atom is -0.486 e. The third-order valence-electron chi connectivity index (χ3n) is 4.07. The number of aromatic nitrogens is 3. The van der Waals surface area contributed by atoms with Crippen LogP contribution in [-0.2, 0) is 6.54 Å². The number of fused-ring (bicyclic) bond motifs is 1. The first-order valence-electron chi connectivity index (χ1n) is 7.76. The van der Waals surface area contributed by atoms with Gasteiger partial charge >= 0.3 is 0 Å². The first kappa shape index (κ1) is 16.2. The number of hydrogen-bond donors (Lipinski definition) is 1. The molecule has 0 unspecified atom stereocenters. The van der Waals surface area contributed by atoms with Crippen LogP contribution in [0.5, 0.6) is 5.75 Å². The van der Waals surface area contributed by atoms with Crippen LogP contribution in [0.3, 0.4) is 0 Å². The normalized spacial score (nSPS) is 16.1. The average Bonchev–Trinajstić information content (AvgIpc) is 3.20. The van der Waals surface area contributed by atoms with Crippen molar-refractivity contribution in [3.63, 3.8) is 0 Å². The Labute approximate surface area is 143 Å². The molecule has 2 aromatic rings. The summed E-state index contributed by atoms with van der Waals surface area (Å²) in [5.41, 5.74) is 2.13. The molecule has 1 saturated carbocycles. The third-order valence-corrected chi connectivity index (χ3v) is 4.84. The third kappa shape index (κ3) is 3.49. The van der Waals surface area contributed by atoms with Crippen molar-refractivity contribution in [1.29, 1.82) is 0 Å². The molecular weight excluding hydrogens is 360 g/mol. The van der Waals surface area contributed by atoms with Gasteiger partial charge in [-0.1, -0.05) is 31.1 Å². The van der Waals surface area contributed by atoms with E-state index in [0.717, 1.165) is 28.0 Å². The summed E-state index contributed by atoms with van der Waals surface area (Å²) in [5, 5.41) is 21.0. The summed E-state index contributed by atoms with van der Waals surface area (Å²) in [6, 6.07) is 3.88. The van der Waals surface area contributed by atoms with Crippen molar-refractivity contribution in [3.05, 3.63) is 16.6 Å². The number of rotatable bonds is 5. The molecule has 1 aliphatic carbocycles. The second kappa shape index (κ2) is 6.11. The molecule has 124 valence electrons. The average molecular weight is 381 g/mol. The van der Waals surface area contributed by atoms with Gasteiger partial charge in [0.25, 0.3) is 0 Å². The molecule has 0 bridgehead atoms. The van der Waals surface area contributed by atoms with Crippen LogP contribution in [0.4, 0.5) is 0 Å². The van der Waals surface area contributed by atoms with Crippen molar-refractivity contribution in [1.82, 2.24) is 15.0 Å². The lowest BCUT2D eigenvalue weighted by Gasteiger charge is -2.20. The lowest BCUT2D eigenvalue weighted by molar-refractivity contribution is 0.293. The van der Waals surface area contributed by atoms with Gasteiger partial charge in [-0.15, -0.1) is 5.10 Å². The Kier molecular flexibility index (Phi) is 4.31. The van der Waals surface area contributed by atoms with Gasteiger partial charge in [-0.25, -0.2) is 4.68 Å². The van der Waals surface area contributed by atoms with Crippen molar-refractivity contribution in [3.8, 4) is 5.75 Å². The fraction of sp³-hybridized carbons (Fsp3) is 0.562. The predicted octanol–water partition coefficient (Wildman–Crippen LogP) is 3.86. The molecule has 1 aromatic heterocycles. The summed E-state index contributed by atoms with van der Waals surface area (Å²) in [6.45, 7) is 7.09. The second-order valence-corrected chi connectivity index (χ2v) is 7.84. The second-order valence-electron chi connectivity index (χ2n) is 7.05. The molecule has 1 aliphatic rings. The van der Waals surface area contributed by atoms with Crippen LogP contribution in [0.25, 0.3) is 11.0 Å². The van der Waals surface area contributed by atoms with Gasteiger partial charge in [-0.05, 0) is 46.8 Å².